The summed E-state index contributed by atoms with van der Waals surface area (Å²) in [5, 5.41) is 9.19. The Bertz CT molecular complexity index is 480. The third-order valence-electron chi connectivity index (χ3n) is 2.78. The van der Waals surface area contributed by atoms with Gasteiger partial charge in [0.15, 0.2) is 0 Å². The summed E-state index contributed by atoms with van der Waals surface area (Å²) in [6, 6.07) is 5.97. The second-order valence-electron chi connectivity index (χ2n) is 4.51. The van der Waals surface area contributed by atoms with E-state index in [1.807, 2.05) is 0 Å². The average molecular weight is 258 g/mol. The van der Waals surface area contributed by atoms with Crippen LogP contribution < -0.4 is 5.73 Å². The number of sulfonamides is 1. The summed E-state index contributed by atoms with van der Waals surface area (Å²) in [4.78, 5) is 0.163. The van der Waals surface area contributed by atoms with Gasteiger partial charge in [0.25, 0.3) is 0 Å². The van der Waals surface area contributed by atoms with Crippen LogP contribution in [0.25, 0.3) is 0 Å². The number of nitrogens with two attached hydrogens (primary N) is 1. The number of hydrogen-bond acceptors (Lipinski definition) is 4. The molecular formula is C11H18N2O3S. The number of hydrogen-bond donors (Lipinski definition) is 2. The van der Waals surface area contributed by atoms with Crippen LogP contribution in [0, 0.1) is 0 Å². The number of benzene rings is 1. The number of nitrogens with zero attached hydrogens (tertiary/aromatic N) is 1. The quantitative estimate of drug-likeness (QED) is 0.777. The molecule has 5 nitrogen and oxygen atoms in total. The second-order valence-corrected chi connectivity index (χ2v) is 6.48. The maximum atomic E-state index is 12.2. The van der Waals surface area contributed by atoms with Crippen molar-refractivity contribution >= 4 is 15.7 Å². The Balaban J connectivity index is 3.16. The molecule has 6 heteroatoms. The summed E-state index contributed by atoms with van der Waals surface area (Å²) >= 11 is 0. The van der Waals surface area contributed by atoms with Crippen LogP contribution >= 0.6 is 0 Å². The molecule has 1 aromatic carbocycles. The lowest BCUT2D eigenvalue weighted by molar-refractivity contribution is 0.138. The molecule has 0 heterocycles. The summed E-state index contributed by atoms with van der Waals surface area (Å²) in [6.45, 7) is 3.06. The van der Waals surface area contributed by atoms with E-state index in [1.165, 1.54) is 31.3 Å². The van der Waals surface area contributed by atoms with Crippen LogP contribution in [-0.2, 0) is 10.0 Å². The Morgan fingerprint density at radius 3 is 2.18 bits per heavy atom. The van der Waals surface area contributed by atoms with Gasteiger partial charge in [-0.05, 0) is 38.1 Å². The maximum absolute atomic E-state index is 12.2. The van der Waals surface area contributed by atoms with Crippen molar-refractivity contribution in [2.45, 2.75) is 24.3 Å². The molecule has 0 atom stereocenters. The fourth-order valence-corrected chi connectivity index (χ4v) is 2.73. The normalized spacial score (nSPS) is 13.0. The number of nitrogen functional groups attached to an aromatic ring is 1. The van der Waals surface area contributed by atoms with Gasteiger partial charge in [0.05, 0.1) is 17.0 Å². The van der Waals surface area contributed by atoms with Crippen molar-refractivity contribution in [2.75, 3.05) is 19.4 Å². The van der Waals surface area contributed by atoms with Gasteiger partial charge < -0.3 is 10.8 Å². The van der Waals surface area contributed by atoms with Crippen LogP contribution in [0.2, 0.25) is 0 Å². The Morgan fingerprint density at radius 2 is 1.76 bits per heavy atom. The molecule has 0 saturated carbocycles. The van der Waals surface area contributed by atoms with Gasteiger partial charge in [-0.3, -0.25) is 0 Å². The van der Waals surface area contributed by atoms with Gasteiger partial charge in [-0.2, -0.15) is 4.31 Å². The second kappa shape index (κ2) is 4.64. The Morgan fingerprint density at radius 1 is 1.29 bits per heavy atom. The van der Waals surface area contributed by atoms with Gasteiger partial charge in [0, 0.05) is 12.7 Å². The van der Waals surface area contributed by atoms with Gasteiger partial charge >= 0.3 is 0 Å². The zero-order valence-electron chi connectivity index (χ0n) is 10.2. The molecule has 3 N–H and O–H groups in total. The molecule has 1 rings (SSSR count). The Hall–Kier alpha value is -1.11. The van der Waals surface area contributed by atoms with Crippen molar-refractivity contribution in [3.8, 4) is 0 Å². The highest BCUT2D eigenvalue weighted by Crippen LogP contribution is 2.22. The van der Waals surface area contributed by atoms with Crippen molar-refractivity contribution in [2.24, 2.45) is 0 Å². The van der Waals surface area contributed by atoms with Crippen LogP contribution in [-0.4, -0.2) is 37.0 Å². The molecule has 0 unspecified atom stereocenters. The van der Waals surface area contributed by atoms with Crippen LogP contribution in [0.4, 0.5) is 5.69 Å². The van der Waals surface area contributed by atoms with Gasteiger partial charge in [0.2, 0.25) is 10.0 Å². The zero-order chi connectivity index (χ0) is 13.3. The van der Waals surface area contributed by atoms with Gasteiger partial charge in [-0.1, -0.05) is 0 Å². The van der Waals surface area contributed by atoms with E-state index in [2.05, 4.69) is 0 Å². The first-order chi connectivity index (χ1) is 7.71. The van der Waals surface area contributed by atoms with Gasteiger partial charge in [0.1, 0.15) is 0 Å². The lowest BCUT2D eigenvalue weighted by Crippen LogP contribution is -2.47. The number of aliphatic hydroxyl groups is 1. The molecule has 0 bridgehead atoms. The molecule has 0 fully saturated rings. The fraction of sp³-hybridized carbons (Fsp3) is 0.455. The van der Waals surface area contributed by atoms with E-state index in [0.717, 1.165) is 4.31 Å². The number of anilines is 1. The molecule has 0 amide bonds. The van der Waals surface area contributed by atoms with E-state index < -0.39 is 15.6 Å². The van der Waals surface area contributed by atoms with Crippen LogP contribution in [0.3, 0.4) is 0 Å². The van der Waals surface area contributed by atoms with Crippen LogP contribution in [0.1, 0.15) is 13.8 Å². The maximum Gasteiger partial charge on any atom is 0.243 e. The van der Waals surface area contributed by atoms with E-state index in [9.17, 15) is 13.5 Å². The predicted molar refractivity (Wildman–Crippen MR) is 67.0 cm³/mol. The van der Waals surface area contributed by atoms with Crippen molar-refractivity contribution in [3.05, 3.63) is 24.3 Å². The smallest absolute Gasteiger partial charge is 0.243 e. The van der Waals surface area contributed by atoms with Crippen molar-refractivity contribution in [1.82, 2.24) is 4.31 Å². The number of likely N-dealkylation sites (N-methyl/N-ethyl adjacent to an activating group) is 1. The minimum atomic E-state index is -3.61. The molecule has 0 aliphatic rings. The standard InChI is InChI=1S/C11H18N2O3S/c1-11(2,8-14)13(3)17(15,16)10-6-4-9(12)5-7-10/h4-7,14H,8,12H2,1-3H3. The van der Waals surface area contributed by atoms with Gasteiger partial charge in [-0.25, -0.2) is 8.42 Å². The van der Waals surface area contributed by atoms with E-state index in [-0.39, 0.29) is 11.5 Å². The SMILES string of the molecule is CN(C(C)(C)CO)S(=O)(=O)c1ccc(N)cc1. The molecule has 0 aliphatic carbocycles. The average Bonchev–Trinajstić information content (AvgIpc) is 2.28. The minimum absolute atomic E-state index is 0.163. The Kier molecular flexibility index (Phi) is 3.81. The molecule has 0 saturated heterocycles. The molecular weight excluding hydrogens is 240 g/mol. The summed E-state index contributed by atoms with van der Waals surface area (Å²) in [5.41, 5.74) is 5.17. The third kappa shape index (κ3) is 2.77. The van der Waals surface area contributed by atoms with Crippen molar-refractivity contribution in [3.63, 3.8) is 0 Å². The Labute approximate surface area is 102 Å². The summed E-state index contributed by atoms with van der Waals surface area (Å²) < 4.78 is 25.6. The molecule has 0 aliphatic heterocycles. The summed E-state index contributed by atoms with van der Waals surface area (Å²) in [6.07, 6.45) is 0. The topological polar surface area (TPSA) is 83.6 Å². The summed E-state index contributed by atoms with van der Waals surface area (Å²) in [5.74, 6) is 0. The van der Waals surface area contributed by atoms with Crippen molar-refractivity contribution < 1.29 is 13.5 Å². The van der Waals surface area contributed by atoms with Crippen LogP contribution in [0.5, 0.6) is 0 Å². The largest absolute Gasteiger partial charge is 0.399 e. The minimum Gasteiger partial charge on any atom is -0.399 e. The highest BCUT2D eigenvalue weighted by atomic mass is 32.2. The highest BCUT2D eigenvalue weighted by Gasteiger charge is 2.33. The first-order valence-corrected chi connectivity index (χ1v) is 6.61. The molecule has 1 aromatic rings. The molecule has 17 heavy (non-hydrogen) atoms. The van der Waals surface area contributed by atoms with Crippen LogP contribution in [0.15, 0.2) is 29.2 Å². The lowest BCUT2D eigenvalue weighted by Gasteiger charge is -2.32. The van der Waals surface area contributed by atoms with Gasteiger partial charge in [-0.15, -0.1) is 0 Å². The first kappa shape index (κ1) is 14.0. The third-order valence-corrected chi connectivity index (χ3v) is 4.86. The number of aliphatic hydroxyl groups excluding tert-OH is 1. The zero-order valence-corrected chi connectivity index (χ0v) is 11.0. The number of rotatable bonds is 4. The van der Waals surface area contributed by atoms with E-state index in [4.69, 9.17) is 5.73 Å². The molecule has 0 spiro atoms. The molecule has 0 aromatic heterocycles. The fourth-order valence-electron chi connectivity index (χ4n) is 1.22. The van der Waals surface area contributed by atoms with Crippen molar-refractivity contribution in [1.29, 1.82) is 0 Å². The first-order valence-electron chi connectivity index (χ1n) is 5.17. The highest BCUT2D eigenvalue weighted by molar-refractivity contribution is 7.89. The monoisotopic (exact) mass is 258 g/mol. The molecule has 96 valence electrons. The lowest BCUT2D eigenvalue weighted by atomic mass is 10.1. The van der Waals surface area contributed by atoms with E-state index >= 15 is 0 Å². The summed E-state index contributed by atoms with van der Waals surface area (Å²) in [7, 11) is -2.16. The van der Waals surface area contributed by atoms with E-state index in [1.54, 1.807) is 13.8 Å². The predicted octanol–water partition coefficient (Wildman–Crippen LogP) is 0.660. The van der Waals surface area contributed by atoms with E-state index in [0.29, 0.717) is 5.69 Å². The molecule has 0 radical (unpaired) electrons.